The molecule has 0 spiro atoms. The molecule has 0 aromatic rings. The van der Waals surface area contributed by atoms with E-state index in [1.807, 2.05) is 0 Å². The van der Waals surface area contributed by atoms with Crippen molar-refractivity contribution in [2.45, 2.75) is 45.8 Å². The van der Waals surface area contributed by atoms with Crippen molar-refractivity contribution in [1.82, 2.24) is 0 Å². The third kappa shape index (κ3) is 7.10. The largest absolute Gasteiger partial charge is 0.356 e. The molecular weight excluding hydrogens is 176 g/mol. The highest BCUT2D eigenvalue weighted by atomic mass is 16.7. The zero-order chi connectivity index (χ0) is 11.0. The van der Waals surface area contributed by atoms with Crippen molar-refractivity contribution >= 4 is 0 Å². The summed E-state index contributed by atoms with van der Waals surface area (Å²) in [4.78, 5) is 0. The van der Waals surface area contributed by atoms with E-state index in [1.54, 1.807) is 14.2 Å². The van der Waals surface area contributed by atoms with Gasteiger partial charge in [-0.3, -0.25) is 0 Å². The first-order valence-corrected chi connectivity index (χ1v) is 5.30. The predicted molar refractivity (Wildman–Crippen MR) is 60.3 cm³/mol. The summed E-state index contributed by atoms with van der Waals surface area (Å²) in [5, 5.41) is 0. The third-order valence-corrected chi connectivity index (χ3v) is 2.42. The van der Waals surface area contributed by atoms with Crippen molar-refractivity contribution in [3.8, 4) is 0 Å². The quantitative estimate of drug-likeness (QED) is 0.442. The van der Waals surface area contributed by atoms with Crippen LogP contribution in [0.25, 0.3) is 0 Å². The lowest BCUT2D eigenvalue weighted by Gasteiger charge is -2.18. The number of methoxy groups -OCH3 is 2. The van der Waals surface area contributed by atoms with Crippen LogP contribution in [0.4, 0.5) is 0 Å². The lowest BCUT2D eigenvalue weighted by molar-refractivity contribution is -0.113. The van der Waals surface area contributed by atoms with Crippen molar-refractivity contribution in [2.24, 2.45) is 5.92 Å². The lowest BCUT2D eigenvalue weighted by Crippen LogP contribution is -2.16. The minimum atomic E-state index is -0.0465. The van der Waals surface area contributed by atoms with Gasteiger partial charge < -0.3 is 9.47 Å². The van der Waals surface area contributed by atoms with Crippen LogP contribution in [0.1, 0.15) is 39.5 Å². The average molecular weight is 200 g/mol. The van der Waals surface area contributed by atoms with E-state index in [-0.39, 0.29) is 6.29 Å². The van der Waals surface area contributed by atoms with Crippen LogP contribution in [0.3, 0.4) is 0 Å². The summed E-state index contributed by atoms with van der Waals surface area (Å²) in [5.74, 6) is 0.652. The van der Waals surface area contributed by atoms with E-state index in [9.17, 15) is 0 Å². The zero-order valence-electron chi connectivity index (χ0n) is 10.0. The fourth-order valence-corrected chi connectivity index (χ4v) is 1.49. The molecule has 0 N–H and O–H groups in total. The molecule has 1 atom stereocenters. The Balaban J connectivity index is 3.53. The van der Waals surface area contributed by atoms with E-state index >= 15 is 0 Å². The minimum Gasteiger partial charge on any atom is -0.356 e. The SMILES string of the molecule is C=C(C)CCCC(C)CC(OC)OC. The Kier molecular flexibility index (Phi) is 7.81. The molecule has 0 aliphatic carbocycles. The van der Waals surface area contributed by atoms with Crippen molar-refractivity contribution < 1.29 is 9.47 Å². The van der Waals surface area contributed by atoms with Gasteiger partial charge in [0.25, 0.3) is 0 Å². The van der Waals surface area contributed by atoms with Crippen molar-refractivity contribution in [3.63, 3.8) is 0 Å². The lowest BCUT2D eigenvalue weighted by atomic mass is 9.99. The minimum absolute atomic E-state index is 0.0465. The summed E-state index contributed by atoms with van der Waals surface area (Å²) in [6, 6.07) is 0. The number of hydrogen-bond acceptors (Lipinski definition) is 2. The molecule has 0 radical (unpaired) electrons. The third-order valence-electron chi connectivity index (χ3n) is 2.42. The van der Waals surface area contributed by atoms with E-state index in [4.69, 9.17) is 9.47 Å². The Morgan fingerprint density at radius 2 is 1.86 bits per heavy atom. The molecule has 0 rings (SSSR count). The highest BCUT2D eigenvalue weighted by Crippen LogP contribution is 2.17. The van der Waals surface area contributed by atoms with Gasteiger partial charge in [0, 0.05) is 20.6 Å². The molecule has 0 aliphatic heterocycles. The summed E-state index contributed by atoms with van der Waals surface area (Å²) in [6.45, 7) is 8.22. The van der Waals surface area contributed by atoms with Gasteiger partial charge in [0.05, 0.1) is 0 Å². The topological polar surface area (TPSA) is 18.5 Å². The Labute approximate surface area is 88.3 Å². The summed E-state index contributed by atoms with van der Waals surface area (Å²) in [7, 11) is 3.38. The molecule has 0 aromatic heterocycles. The Morgan fingerprint density at radius 1 is 1.29 bits per heavy atom. The molecule has 1 unspecified atom stereocenters. The van der Waals surface area contributed by atoms with Gasteiger partial charge in [-0.25, -0.2) is 0 Å². The van der Waals surface area contributed by atoms with E-state index in [0.29, 0.717) is 5.92 Å². The molecule has 0 aliphatic rings. The molecule has 0 heterocycles. The molecule has 0 bridgehead atoms. The van der Waals surface area contributed by atoms with E-state index in [1.165, 1.54) is 18.4 Å². The average Bonchev–Trinajstić information content (AvgIpc) is 2.13. The molecule has 0 saturated carbocycles. The first kappa shape index (κ1) is 13.7. The smallest absolute Gasteiger partial charge is 0.157 e. The first-order chi connectivity index (χ1) is 6.60. The summed E-state index contributed by atoms with van der Waals surface area (Å²) >= 11 is 0. The molecule has 0 fully saturated rings. The molecule has 0 aromatic carbocycles. The fraction of sp³-hybridized carbons (Fsp3) is 0.833. The van der Waals surface area contributed by atoms with Crippen molar-refractivity contribution in [2.75, 3.05) is 14.2 Å². The van der Waals surface area contributed by atoms with Crippen LogP contribution in [-0.4, -0.2) is 20.5 Å². The van der Waals surface area contributed by atoms with Gasteiger partial charge in [0.1, 0.15) is 0 Å². The van der Waals surface area contributed by atoms with Gasteiger partial charge in [-0.1, -0.05) is 18.9 Å². The van der Waals surface area contributed by atoms with Crippen molar-refractivity contribution in [3.05, 3.63) is 12.2 Å². The summed E-state index contributed by atoms with van der Waals surface area (Å²) in [5.41, 5.74) is 1.27. The second kappa shape index (κ2) is 8.01. The highest BCUT2D eigenvalue weighted by Gasteiger charge is 2.10. The molecule has 14 heavy (non-hydrogen) atoms. The Bertz CT molecular complexity index is 150. The normalized spacial score (nSPS) is 13.2. The first-order valence-electron chi connectivity index (χ1n) is 5.30. The molecule has 0 saturated heterocycles. The van der Waals surface area contributed by atoms with Gasteiger partial charge in [-0.15, -0.1) is 6.58 Å². The fourth-order valence-electron chi connectivity index (χ4n) is 1.49. The number of ether oxygens (including phenoxy) is 2. The maximum Gasteiger partial charge on any atom is 0.157 e. The van der Waals surface area contributed by atoms with Crippen LogP contribution in [0, 0.1) is 5.92 Å². The summed E-state index contributed by atoms with van der Waals surface area (Å²) in [6.07, 6.45) is 4.50. The van der Waals surface area contributed by atoms with Crippen LogP contribution < -0.4 is 0 Å². The summed E-state index contributed by atoms with van der Waals surface area (Å²) < 4.78 is 10.3. The molecule has 2 nitrogen and oxygen atoms in total. The number of hydrogen-bond donors (Lipinski definition) is 0. The maximum absolute atomic E-state index is 5.16. The number of allylic oxidation sites excluding steroid dienone is 1. The Morgan fingerprint density at radius 3 is 2.29 bits per heavy atom. The molecular formula is C12H24O2. The molecule has 84 valence electrons. The molecule has 2 heteroatoms. The van der Waals surface area contributed by atoms with Crippen LogP contribution in [0.15, 0.2) is 12.2 Å². The number of rotatable bonds is 8. The standard InChI is InChI=1S/C12H24O2/c1-10(2)7-6-8-11(3)9-12(13-4)14-5/h11-12H,1,6-9H2,2-5H3. The van der Waals surface area contributed by atoms with Crippen LogP contribution >= 0.6 is 0 Å². The maximum atomic E-state index is 5.16. The van der Waals surface area contributed by atoms with Gasteiger partial charge in [-0.05, 0) is 25.7 Å². The predicted octanol–water partition coefficient (Wildman–Crippen LogP) is 3.38. The van der Waals surface area contributed by atoms with Gasteiger partial charge in [-0.2, -0.15) is 0 Å². The second-order valence-corrected chi connectivity index (χ2v) is 4.09. The zero-order valence-corrected chi connectivity index (χ0v) is 10.0. The van der Waals surface area contributed by atoms with Gasteiger partial charge >= 0.3 is 0 Å². The Hall–Kier alpha value is -0.340. The van der Waals surface area contributed by atoms with Crippen molar-refractivity contribution in [1.29, 1.82) is 0 Å². The second-order valence-electron chi connectivity index (χ2n) is 4.09. The highest BCUT2D eigenvalue weighted by molar-refractivity contribution is 4.87. The monoisotopic (exact) mass is 200 g/mol. The van der Waals surface area contributed by atoms with Gasteiger partial charge in [0.15, 0.2) is 6.29 Å². The van der Waals surface area contributed by atoms with E-state index < -0.39 is 0 Å². The van der Waals surface area contributed by atoms with Crippen LogP contribution in [-0.2, 0) is 9.47 Å². The van der Waals surface area contributed by atoms with Crippen LogP contribution in [0.5, 0.6) is 0 Å². The molecule has 0 amide bonds. The van der Waals surface area contributed by atoms with E-state index in [2.05, 4.69) is 20.4 Å². The van der Waals surface area contributed by atoms with E-state index in [0.717, 1.165) is 12.8 Å². The van der Waals surface area contributed by atoms with Gasteiger partial charge in [0.2, 0.25) is 0 Å². The van der Waals surface area contributed by atoms with Crippen LogP contribution in [0.2, 0.25) is 0 Å².